The minimum absolute atomic E-state index is 0.0335. The van der Waals surface area contributed by atoms with Gasteiger partial charge < -0.3 is 9.57 Å². The van der Waals surface area contributed by atoms with Crippen LogP contribution in [0.3, 0.4) is 0 Å². The molecule has 0 saturated carbocycles. The zero-order valence-electron chi connectivity index (χ0n) is 10.5. The first-order valence-electron chi connectivity index (χ1n) is 5.98. The van der Waals surface area contributed by atoms with Crippen molar-refractivity contribution in [3.8, 4) is 5.75 Å². The molecular formula is C13H12FNO5. The molecule has 20 heavy (non-hydrogen) atoms. The summed E-state index contributed by atoms with van der Waals surface area (Å²) < 4.78 is 17.0. The fourth-order valence-electron chi connectivity index (χ4n) is 1.66. The van der Waals surface area contributed by atoms with Crippen LogP contribution >= 0.6 is 0 Å². The second kappa shape index (κ2) is 6.14. The number of benzene rings is 1. The highest BCUT2D eigenvalue weighted by Gasteiger charge is 2.33. The maximum atomic E-state index is 12.0. The van der Waals surface area contributed by atoms with Crippen molar-refractivity contribution < 1.29 is 28.3 Å². The third kappa shape index (κ3) is 3.11. The number of carbonyl (C=O) groups is 3. The summed E-state index contributed by atoms with van der Waals surface area (Å²) in [4.78, 5) is 39.2. The lowest BCUT2D eigenvalue weighted by atomic mass is 10.2. The maximum absolute atomic E-state index is 12.0. The van der Waals surface area contributed by atoms with Gasteiger partial charge in [-0.2, -0.15) is 0 Å². The van der Waals surface area contributed by atoms with Crippen molar-refractivity contribution in [2.45, 2.75) is 12.8 Å². The average Bonchev–Trinajstić information content (AvgIpc) is 2.77. The minimum Gasteiger partial charge on any atom is -0.491 e. The SMILES string of the molecule is O=C(ON1C(=O)CCC1=O)c1cccc(OCCF)c1. The molecular weight excluding hydrogens is 269 g/mol. The first-order valence-corrected chi connectivity index (χ1v) is 5.98. The highest BCUT2D eigenvalue weighted by molar-refractivity contribution is 6.02. The van der Waals surface area contributed by atoms with Crippen LogP contribution in [0.5, 0.6) is 5.75 Å². The molecule has 1 aromatic carbocycles. The van der Waals surface area contributed by atoms with Gasteiger partial charge in [0.1, 0.15) is 19.0 Å². The van der Waals surface area contributed by atoms with Gasteiger partial charge in [0.05, 0.1) is 5.56 Å². The molecule has 1 heterocycles. The van der Waals surface area contributed by atoms with Crippen molar-refractivity contribution in [1.29, 1.82) is 0 Å². The van der Waals surface area contributed by atoms with E-state index >= 15 is 0 Å². The Morgan fingerprint density at radius 2 is 1.95 bits per heavy atom. The van der Waals surface area contributed by atoms with Gasteiger partial charge in [-0.15, -0.1) is 5.06 Å². The van der Waals surface area contributed by atoms with E-state index in [4.69, 9.17) is 9.57 Å². The molecule has 6 nitrogen and oxygen atoms in total. The van der Waals surface area contributed by atoms with Crippen LogP contribution in [0.2, 0.25) is 0 Å². The number of rotatable bonds is 5. The van der Waals surface area contributed by atoms with Crippen LogP contribution in [0.25, 0.3) is 0 Å². The van der Waals surface area contributed by atoms with E-state index in [-0.39, 0.29) is 25.0 Å². The molecule has 7 heteroatoms. The Balaban J connectivity index is 2.05. The van der Waals surface area contributed by atoms with Gasteiger partial charge in [0.2, 0.25) is 0 Å². The molecule has 2 rings (SSSR count). The predicted molar refractivity (Wildman–Crippen MR) is 64.4 cm³/mol. The highest BCUT2D eigenvalue weighted by Crippen LogP contribution is 2.17. The van der Waals surface area contributed by atoms with Gasteiger partial charge >= 0.3 is 5.97 Å². The first-order chi connectivity index (χ1) is 9.61. The number of hydroxylamine groups is 2. The van der Waals surface area contributed by atoms with Crippen LogP contribution in [-0.2, 0) is 14.4 Å². The van der Waals surface area contributed by atoms with Crippen molar-refractivity contribution in [2.75, 3.05) is 13.3 Å². The summed E-state index contributed by atoms with van der Waals surface area (Å²) >= 11 is 0. The molecule has 106 valence electrons. The molecule has 0 unspecified atom stereocenters. The van der Waals surface area contributed by atoms with Gasteiger partial charge in [0.25, 0.3) is 11.8 Å². The number of hydrogen-bond donors (Lipinski definition) is 0. The Bertz CT molecular complexity index is 529. The summed E-state index contributed by atoms with van der Waals surface area (Å²) in [5.74, 6) is -1.64. The monoisotopic (exact) mass is 281 g/mol. The molecule has 0 radical (unpaired) electrons. The van der Waals surface area contributed by atoms with Gasteiger partial charge in [0, 0.05) is 12.8 Å². The lowest BCUT2D eigenvalue weighted by Gasteiger charge is -2.13. The van der Waals surface area contributed by atoms with Crippen molar-refractivity contribution in [3.05, 3.63) is 29.8 Å². The second-order valence-electron chi connectivity index (χ2n) is 4.03. The highest BCUT2D eigenvalue weighted by atomic mass is 19.1. The number of hydrogen-bond acceptors (Lipinski definition) is 5. The summed E-state index contributed by atoms with van der Waals surface area (Å²) in [6.45, 7) is -0.771. The largest absolute Gasteiger partial charge is 0.491 e. The number of halogens is 1. The lowest BCUT2D eigenvalue weighted by molar-refractivity contribution is -0.172. The van der Waals surface area contributed by atoms with E-state index in [1.807, 2.05) is 0 Å². The average molecular weight is 281 g/mol. The molecule has 2 amide bonds. The standard InChI is InChI=1S/C13H12FNO5/c14-6-7-19-10-3-1-2-9(8-10)13(18)20-15-11(16)4-5-12(15)17/h1-3,8H,4-7H2. The number of imide groups is 1. The minimum atomic E-state index is -0.848. The fourth-order valence-corrected chi connectivity index (χ4v) is 1.66. The van der Waals surface area contributed by atoms with Gasteiger partial charge in [-0.25, -0.2) is 9.18 Å². The first kappa shape index (κ1) is 14.0. The Morgan fingerprint density at radius 3 is 2.60 bits per heavy atom. The van der Waals surface area contributed by atoms with Gasteiger partial charge in [-0.3, -0.25) is 9.59 Å². The van der Waals surface area contributed by atoms with E-state index in [0.29, 0.717) is 10.8 Å². The molecule has 0 spiro atoms. The third-order valence-electron chi connectivity index (χ3n) is 2.60. The summed E-state index contributed by atoms with van der Waals surface area (Å²) in [6.07, 6.45) is 0.0670. The van der Waals surface area contributed by atoms with Crippen molar-refractivity contribution in [1.82, 2.24) is 5.06 Å². The van der Waals surface area contributed by atoms with E-state index in [1.165, 1.54) is 18.2 Å². The van der Waals surface area contributed by atoms with Crippen molar-refractivity contribution in [3.63, 3.8) is 0 Å². The van der Waals surface area contributed by atoms with Crippen LogP contribution in [0.4, 0.5) is 4.39 Å². The van der Waals surface area contributed by atoms with Crippen molar-refractivity contribution in [2.24, 2.45) is 0 Å². The summed E-state index contributed by atoms with van der Waals surface area (Å²) in [5, 5.41) is 0.470. The van der Waals surface area contributed by atoms with Crippen LogP contribution in [0.1, 0.15) is 23.2 Å². The van der Waals surface area contributed by atoms with E-state index in [9.17, 15) is 18.8 Å². The van der Waals surface area contributed by atoms with E-state index in [1.54, 1.807) is 6.07 Å². The molecule has 1 aliphatic heterocycles. The molecule has 0 N–H and O–H groups in total. The summed E-state index contributed by atoms with van der Waals surface area (Å²) in [7, 11) is 0. The summed E-state index contributed by atoms with van der Waals surface area (Å²) in [5.41, 5.74) is 0.105. The predicted octanol–water partition coefficient (Wildman–Crippen LogP) is 1.26. The zero-order valence-corrected chi connectivity index (χ0v) is 10.5. The fraction of sp³-hybridized carbons (Fsp3) is 0.308. The Hall–Kier alpha value is -2.44. The molecule has 0 atom stereocenters. The number of nitrogens with zero attached hydrogens (tertiary/aromatic N) is 1. The Kier molecular flexibility index (Phi) is 4.29. The van der Waals surface area contributed by atoms with Gasteiger partial charge in [-0.1, -0.05) is 6.07 Å². The number of alkyl halides is 1. The molecule has 1 aromatic rings. The quantitative estimate of drug-likeness (QED) is 0.760. The normalized spacial score (nSPS) is 14.6. The van der Waals surface area contributed by atoms with Crippen LogP contribution < -0.4 is 4.74 Å². The molecule has 0 aliphatic carbocycles. The van der Waals surface area contributed by atoms with Crippen LogP contribution in [-0.4, -0.2) is 36.1 Å². The van der Waals surface area contributed by atoms with Crippen molar-refractivity contribution >= 4 is 17.8 Å². The Labute approximate surface area is 114 Å². The third-order valence-corrected chi connectivity index (χ3v) is 2.60. The molecule has 0 aromatic heterocycles. The smallest absolute Gasteiger partial charge is 0.364 e. The van der Waals surface area contributed by atoms with Gasteiger partial charge in [0.15, 0.2) is 0 Å². The van der Waals surface area contributed by atoms with E-state index in [2.05, 4.69) is 0 Å². The number of carbonyl (C=O) groups excluding carboxylic acids is 3. The maximum Gasteiger partial charge on any atom is 0.364 e. The van der Waals surface area contributed by atoms with Crippen LogP contribution in [0.15, 0.2) is 24.3 Å². The Morgan fingerprint density at radius 1 is 1.25 bits per heavy atom. The van der Waals surface area contributed by atoms with Gasteiger partial charge in [-0.05, 0) is 18.2 Å². The molecule has 1 fully saturated rings. The number of amides is 2. The molecule has 1 saturated heterocycles. The second-order valence-corrected chi connectivity index (χ2v) is 4.03. The van der Waals surface area contributed by atoms with Crippen LogP contribution in [0, 0.1) is 0 Å². The van der Waals surface area contributed by atoms with E-state index in [0.717, 1.165) is 0 Å². The topological polar surface area (TPSA) is 72.9 Å². The molecule has 0 bridgehead atoms. The summed E-state index contributed by atoms with van der Waals surface area (Å²) in [6, 6.07) is 5.87. The zero-order chi connectivity index (χ0) is 14.5. The van der Waals surface area contributed by atoms with E-state index < -0.39 is 24.5 Å². The number of ether oxygens (including phenoxy) is 1. The molecule has 1 aliphatic rings. The lowest BCUT2D eigenvalue weighted by Crippen LogP contribution is -2.32.